The molecule has 1 aliphatic carbocycles. The molecule has 2 aromatic rings. The van der Waals surface area contributed by atoms with Gasteiger partial charge in [0, 0.05) is 6.07 Å². The molecule has 0 spiro atoms. The summed E-state index contributed by atoms with van der Waals surface area (Å²) in [6, 6.07) is 12.3. The fraction of sp³-hybridized carbons (Fsp3) is 0.375. The number of hydrogen-bond donors (Lipinski definition) is 2. The van der Waals surface area contributed by atoms with Crippen LogP contribution in [0.5, 0.6) is 0 Å². The minimum atomic E-state index is 0.210. The van der Waals surface area contributed by atoms with Crippen LogP contribution in [0.4, 0.5) is 11.6 Å². The fourth-order valence-electron chi connectivity index (χ4n) is 2.71. The van der Waals surface area contributed by atoms with Crippen LogP contribution in [0.15, 0.2) is 42.7 Å². The third kappa shape index (κ3) is 3.70. The molecule has 1 aromatic heterocycles. The van der Waals surface area contributed by atoms with Gasteiger partial charge in [-0.25, -0.2) is 9.97 Å². The molecule has 0 unspecified atom stereocenters. The van der Waals surface area contributed by atoms with E-state index in [9.17, 15) is 0 Å². The van der Waals surface area contributed by atoms with E-state index >= 15 is 0 Å². The summed E-state index contributed by atoms with van der Waals surface area (Å²) in [5, 5.41) is 3.41. The average Bonchev–Trinajstić information content (AvgIpc) is 2.93. The largest absolute Gasteiger partial charge is 0.384 e. The zero-order valence-electron chi connectivity index (χ0n) is 11.9. The van der Waals surface area contributed by atoms with Crippen molar-refractivity contribution >= 4 is 11.6 Å². The quantitative estimate of drug-likeness (QED) is 0.883. The smallest absolute Gasteiger partial charge is 0.131 e. The highest BCUT2D eigenvalue weighted by Gasteiger charge is 2.28. The minimum absolute atomic E-state index is 0.210. The number of nitrogens with two attached hydrogens (primary N) is 1. The maximum absolute atomic E-state index is 6.07. The van der Waals surface area contributed by atoms with E-state index in [1.165, 1.54) is 11.9 Å². The van der Waals surface area contributed by atoms with Crippen molar-refractivity contribution in [2.45, 2.75) is 38.0 Å². The first-order chi connectivity index (χ1) is 10.3. The Labute approximate surface area is 124 Å². The molecule has 1 aromatic carbocycles. The van der Waals surface area contributed by atoms with E-state index < -0.39 is 0 Å². The summed E-state index contributed by atoms with van der Waals surface area (Å²) in [5.74, 6) is 1.25. The highest BCUT2D eigenvalue weighted by molar-refractivity contribution is 5.44. The maximum atomic E-state index is 6.07. The highest BCUT2D eigenvalue weighted by atomic mass is 16.5. The third-order valence-electron chi connectivity index (χ3n) is 3.78. The fourth-order valence-corrected chi connectivity index (χ4v) is 2.71. The number of ether oxygens (including phenoxy) is 1. The van der Waals surface area contributed by atoms with Crippen LogP contribution in [-0.2, 0) is 11.3 Å². The van der Waals surface area contributed by atoms with Gasteiger partial charge >= 0.3 is 0 Å². The molecule has 1 fully saturated rings. The zero-order chi connectivity index (χ0) is 14.5. The summed E-state index contributed by atoms with van der Waals surface area (Å²) in [5.41, 5.74) is 6.88. The Morgan fingerprint density at radius 1 is 1.19 bits per heavy atom. The predicted molar refractivity (Wildman–Crippen MR) is 82.7 cm³/mol. The molecule has 21 heavy (non-hydrogen) atoms. The van der Waals surface area contributed by atoms with Crippen molar-refractivity contribution in [2.24, 2.45) is 0 Å². The van der Waals surface area contributed by atoms with E-state index in [0.29, 0.717) is 12.4 Å². The Hall–Kier alpha value is -2.14. The number of hydrogen-bond acceptors (Lipinski definition) is 5. The van der Waals surface area contributed by atoms with Crippen molar-refractivity contribution in [1.29, 1.82) is 0 Å². The average molecular weight is 284 g/mol. The molecule has 0 radical (unpaired) electrons. The summed E-state index contributed by atoms with van der Waals surface area (Å²) in [6.45, 7) is 0.648. The van der Waals surface area contributed by atoms with Crippen LogP contribution in [0, 0.1) is 0 Å². The molecule has 1 heterocycles. The number of aromatic nitrogens is 2. The lowest BCUT2D eigenvalue weighted by atomic mass is 10.2. The molecular weight excluding hydrogens is 264 g/mol. The van der Waals surface area contributed by atoms with Crippen LogP contribution < -0.4 is 11.1 Å². The SMILES string of the molecule is Nc1cc(N[C@@H]2CCC[C@H]2OCc2ccccc2)ncn1. The summed E-state index contributed by atoms with van der Waals surface area (Å²) < 4.78 is 6.07. The van der Waals surface area contributed by atoms with Gasteiger partial charge in [-0.05, 0) is 24.8 Å². The molecule has 5 nitrogen and oxygen atoms in total. The molecule has 1 saturated carbocycles. The van der Waals surface area contributed by atoms with Gasteiger partial charge < -0.3 is 15.8 Å². The van der Waals surface area contributed by atoms with Crippen molar-refractivity contribution in [3.05, 3.63) is 48.3 Å². The molecule has 0 bridgehead atoms. The second-order valence-electron chi connectivity index (χ2n) is 5.34. The van der Waals surface area contributed by atoms with Crippen molar-refractivity contribution in [1.82, 2.24) is 9.97 Å². The van der Waals surface area contributed by atoms with Crippen LogP contribution in [0.25, 0.3) is 0 Å². The first-order valence-corrected chi connectivity index (χ1v) is 7.31. The van der Waals surface area contributed by atoms with E-state index in [2.05, 4.69) is 27.4 Å². The first kappa shape index (κ1) is 13.8. The molecule has 5 heteroatoms. The molecule has 0 saturated heterocycles. The standard InChI is InChI=1S/C16H20N4O/c17-15-9-16(19-11-18-15)20-13-7-4-8-14(13)21-10-12-5-2-1-3-6-12/h1-3,5-6,9,11,13-14H,4,7-8,10H2,(H3,17,18,19,20)/t13-,14-/m1/s1. The van der Waals surface area contributed by atoms with Gasteiger partial charge in [0.25, 0.3) is 0 Å². The van der Waals surface area contributed by atoms with E-state index in [0.717, 1.165) is 25.1 Å². The van der Waals surface area contributed by atoms with E-state index in [4.69, 9.17) is 10.5 Å². The van der Waals surface area contributed by atoms with Crippen molar-refractivity contribution in [2.75, 3.05) is 11.1 Å². The minimum Gasteiger partial charge on any atom is -0.384 e. The molecule has 3 N–H and O–H groups in total. The topological polar surface area (TPSA) is 73.1 Å². The van der Waals surface area contributed by atoms with E-state index in [1.54, 1.807) is 6.07 Å². The van der Waals surface area contributed by atoms with Gasteiger partial charge in [0.15, 0.2) is 0 Å². The molecule has 1 aliphatic rings. The summed E-state index contributed by atoms with van der Waals surface area (Å²) in [7, 11) is 0. The zero-order valence-corrected chi connectivity index (χ0v) is 11.9. The second kappa shape index (κ2) is 6.54. The Bertz CT molecular complexity index is 575. The van der Waals surface area contributed by atoms with Crippen LogP contribution in [0.1, 0.15) is 24.8 Å². The lowest BCUT2D eigenvalue weighted by Gasteiger charge is -2.22. The Balaban J connectivity index is 1.58. The summed E-state index contributed by atoms with van der Waals surface area (Å²) in [6.07, 6.45) is 5.01. The van der Waals surface area contributed by atoms with Crippen molar-refractivity contribution in [3.8, 4) is 0 Å². The van der Waals surface area contributed by atoms with Gasteiger partial charge in [0.2, 0.25) is 0 Å². The van der Waals surface area contributed by atoms with Crippen LogP contribution in [-0.4, -0.2) is 22.1 Å². The van der Waals surface area contributed by atoms with Crippen LogP contribution >= 0.6 is 0 Å². The van der Waals surface area contributed by atoms with Gasteiger partial charge in [-0.15, -0.1) is 0 Å². The molecule has 0 amide bonds. The second-order valence-corrected chi connectivity index (χ2v) is 5.34. The van der Waals surface area contributed by atoms with E-state index in [1.807, 2.05) is 18.2 Å². The predicted octanol–water partition coefficient (Wildman–Crippen LogP) is 2.61. The Morgan fingerprint density at radius 2 is 2.05 bits per heavy atom. The van der Waals surface area contributed by atoms with Gasteiger partial charge in [-0.1, -0.05) is 30.3 Å². The maximum Gasteiger partial charge on any atom is 0.131 e. The number of nitrogens with zero attached hydrogens (tertiary/aromatic N) is 2. The summed E-state index contributed by atoms with van der Waals surface area (Å²) in [4.78, 5) is 8.10. The van der Waals surface area contributed by atoms with Gasteiger partial charge in [0.05, 0.1) is 18.8 Å². The number of anilines is 2. The third-order valence-corrected chi connectivity index (χ3v) is 3.78. The summed E-state index contributed by atoms with van der Waals surface area (Å²) >= 11 is 0. The molecule has 2 atom stereocenters. The Morgan fingerprint density at radius 3 is 2.86 bits per heavy atom. The number of nitrogens with one attached hydrogen (secondary N) is 1. The van der Waals surface area contributed by atoms with Gasteiger partial charge in [0.1, 0.15) is 18.0 Å². The first-order valence-electron chi connectivity index (χ1n) is 7.31. The van der Waals surface area contributed by atoms with Crippen molar-refractivity contribution in [3.63, 3.8) is 0 Å². The molecule has 3 rings (SSSR count). The lowest BCUT2D eigenvalue weighted by molar-refractivity contribution is 0.0394. The van der Waals surface area contributed by atoms with Crippen LogP contribution in [0.3, 0.4) is 0 Å². The highest BCUT2D eigenvalue weighted by Crippen LogP contribution is 2.26. The van der Waals surface area contributed by atoms with Gasteiger partial charge in [-0.3, -0.25) is 0 Å². The Kier molecular flexibility index (Phi) is 4.31. The number of benzene rings is 1. The monoisotopic (exact) mass is 284 g/mol. The van der Waals surface area contributed by atoms with Crippen molar-refractivity contribution < 1.29 is 4.74 Å². The molecule has 0 aliphatic heterocycles. The molecular formula is C16H20N4O. The normalized spacial score (nSPS) is 21.3. The van der Waals surface area contributed by atoms with Gasteiger partial charge in [-0.2, -0.15) is 0 Å². The lowest BCUT2D eigenvalue weighted by Crippen LogP contribution is -2.31. The van der Waals surface area contributed by atoms with E-state index in [-0.39, 0.29) is 12.1 Å². The molecule has 110 valence electrons. The number of nitrogen functional groups attached to an aromatic ring is 1. The van der Waals surface area contributed by atoms with Crippen LogP contribution in [0.2, 0.25) is 0 Å². The number of rotatable bonds is 5.